The first-order valence-corrected chi connectivity index (χ1v) is 12.1. The van der Waals surface area contributed by atoms with Crippen LogP contribution in [0, 0.1) is 11.6 Å². The van der Waals surface area contributed by atoms with Gasteiger partial charge < -0.3 is 9.47 Å². The number of hydrogen-bond acceptors (Lipinski definition) is 2. The van der Waals surface area contributed by atoms with Crippen molar-refractivity contribution in [2.24, 2.45) is 0 Å². The first-order valence-electron chi connectivity index (χ1n) is 12.1. The van der Waals surface area contributed by atoms with Crippen LogP contribution in [0.1, 0.15) is 82.8 Å². The Morgan fingerprint density at radius 3 is 1.48 bits per heavy atom. The summed E-state index contributed by atoms with van der Waals surface area (Å²) in [5.41, 5.74) is 2.79. The minimum Gasteiger partial charge on any atom is -0.491 e. The van der Waals surface area contributed by atoms with E-state index in [0.29, 0.717) is 48.7 Å². The van der Waals surface area contributed by atoms with Crippen molar-refractivity contribution in [3.63, 3.8) is 0 Å². The van der Waals surface area contributed by atoms with E-state index in [1.165, 1.54) is 25.7 Å². The second-order valence-electron chi connectivity index (χ2n) is 8.48. The highest BCUT2D eigenvalue weighted by Crippen LogP contribution is 2.40. The molecule has 0 amide bonds. The molecule has 0 fully saturated rings. The van der Waals surface area contributed by atoms with E-state index in [2.05, 4.69) is 13.8 Å². The van der Waals surface area contributed by atoms with Crippen molar-refractivity contribution in [3.05, 3.63) is 47.0 Å². The molecule has 0 aliphatic heterocycles. The maximum Gasteiger partial charge on any atom is 0.168 e. The molecule has 1 aliphatic rings. The normalized spacial score (nSPS) is 12.4. The van der Waals surface area contributed by atoms with Crippen molar-refractivity contribution >= 4 is 0 Å². The van der Waals surface area contributed by atoms with Gasteiger partial charge >= 0.3 is 0 Å². The van der Waals surface area contributed by atoms with Crippen LogP contribution in [0.4, 0.5) is 8.78 Å². The van der Waals surface area contributed by atoms with E-state index in [1.807, 2.05) is 12.1 Å². The number of halogens is 2. The Labute approximate surface area is 186 Å². The molecule has 0 saturated heterocycles. The monoisotopic (exact) mass is 430 g/mol. The molecule has 2 aromatic carbocycles. The Balaban J connectivity index is 1.67. The van der Waals surface area contributed by atoms with Crippen molar-refractivity contribution in [2.45, 2.75) is 84.5 Å². The highest BCUT2D eigenvalue weighted by Gasteiger charge is 2.25. The van der Waals surface area contributed by atoms with Crippen LogP contribution in [-0.4, -0.2) is 13.2 Å². The Kier molecular flexibility index (Phi) is 9.17. The Morgan fingerprint density at radius 1 is 0.613 bits per heavy atom. The molecule has 0 spiro atoms. The lowest BCUT2D eigenvalue weighted by Gasteiger charge is -2.23. The van der Waals surface area contributed by atoms with E-state index in [9.17, 15) is 0 Å². The molecule has 0 heterocycles. The number of rotatable bonds is 13. The molecule has 170 valence electrons. The van der Waals surface area contributed by atoms with Crippen LogP contribution in [0.25, 0.3) is 11.1 Å². The molecule has 0 bridgehead atoms. The lowest BCUT2D eigenvalue weighted by Crippen LogP contribution is -2.11. The number of unbranched alkanes of at least 4 members (excludes halogenated alkanes) is 7. The van der Waals surface area contributed by atoms with Gasteiger partial charge in [-0.15, -0.1) is 0 Å². The summed E-state index contributed by atoms with van der Waals surface area (Å²) >= 11 is 0. The first-order chi connectivity index (χ1) is 15.2. The second kappa shape index (κ2) is 12.1. The predicted octanol–water partition coefficient (Wildman–Crippen LogP) is 8.04. The minimum atomic E-state index is -0.300. The molecule has 0 atom stereocenters. The van der Waals surface area contributed by atoms with Gasteiger partial charge in [-0.05, 0) is 60.1 Å². The van der Waals surface area contributed by atoms with Crippen LogP contribution in [0.5, 0.6) is 11.5 Å². The third-order valence-corrected chi connectivity index (χ3v) is 6.09. The van der Waals surface area contributed by atoms with Crippen molar-refractivity contribution in [3.8, 4) is 22.6 Å². The Morgan fingerprint density at radius 2 is 1.03 bits per heavy atom. The van der Waals surface area contributed by atoms with Crippen LogP contribution in [0.15, 0.2) is 24.3 Å². The predicted molar refractivity (Wildman–Crippen MR) is 123 cm³/mol. The molecule has 0 unspecified atom stereocenters. The van der Waals surface area contributed by atoms with Crippen LogP contribution in [0.3, 0.4) is 0 Å². The third-order valence-electron chi connectivity index (χ3n) is 6.09. The van der Waals surface area contributed by atoms with Gasteiger partial charge in [-0.3, -0.25) is 0 Å². The fourth-order valence-electron chi connectivity index (χ4n) is 4.26. The maximum atomic E-state index is 15.1. The molecule has 0 saturated carbocycles. The summed E-state index contributed by atoms with van der Waals surface area (Å²) in [6.07, 6.45) is 11.0. The molecular formula is C27H36F2O2. The largest absolute Gasteiger partial charge is 0.491 e. The zero-order valence-electron chi connectivity index (χ0n) is 19.1. The third kappa shape index (κ3) is 5.99. The van der Waals surface area contributed by atoms with Gasteiger partial charge in [0.05, 0.1) is 13.2 Å². The molecule has 0 N–H and O–H groups in total. The van der Waals surface area contributed by atoms with E-state index in [0.717, 1.165) is 43.2 Å². The summed E-state index contributed by atoms with van der Waals surface area (Å²) in [4.78, 5) is 0. The van der Waals surface area contributed by atoms with Gasteiger partial charge in [0.15, 0.2) is 23.1 Å². The van der Waals surface area contributed by atoms with Gasteiger partial charge in [0.1, 0.15) is 0 Å². The second-order valence-corrected chi connectivity index (χ2v) is 8.48. The summed E-state index contributed by atoms with van der Waals surface area (Å²) in [6, 6.07) is 7.10. The molecule has 0 aromatic heterocycles. The van der Waals surface area contributed by atoms with Gasteiger partial charge in [-0.1, -0.05) is 70.9 Å². The topological polar surface area (TPSA) is 18.5 Å². The smallest absolute Gasteiger partial charge is 0.168 e. The van der Waals surface area contributed by atoms with Crippen LogP contribution in [0.2, 0.25) is 0 Å². The quantitative estimate of drug-likeness (QED) is 0.299. The van der Waals surface area contributed by atoms with Gasteiger partial charge in [0, 0.05) is 0 Å². The van der Waals surface area contributed by atoms with E-state index >= 15 is 8.78 Å². The molecule has 2 aromatic rings. The molecule has 31 heavy (non-hydrogen) atoms. The average molecular weight is 431 g/mol. The van der Waals surface area contributed by atoms with Crippen molar-refractivity contribution in [1.82, 2.24) is 0 Å². The lowest BCUT2D eigenvalue weighted by molar-refractivity contribution is 0.288. The van der Waals surface area contributed by atoms with Gasteiger partial charge in [0.25, 0.3) is 0 Å². The highest BCUT2D eigenvalue weighted by atomic mass is 19.1. The summed E-state index contributed by atoms with van der Waals surface area (Å²) in [5, 5.41) is 0. The fraction of sp³-hybridized carbons (Fsp3) is 0.556. The van der Waals surface area contributed by atoms with E-state index in [1.54, 1.807) is 12.1 Å². The summed E-state index contributed by atoms with van der Waals surface area (Å²) < 4.78 is 41.5. The number of fused-ring (bicyclic) bond motifs is 3. The molecule has 4 heteroatoms. The summed E-state index contributed by atoms with van der Waals surface area (Å²) in [5.74, 6) is 0.0206. The SMILES string of the molecule is CCCCCCCOc1ccc2c(c1F)CCc1c-2ccc(OCCCCCC)c1F. The standard InChI is InChI=1S/C27H36F2O2/c1-3-5-7-9-11-19-31-25-17-15-21-20-14-16-24(30-18-10-8-6-4-2)26(28)22(20)12-13-23(21)27(25)29/h14-17H,3-13,18-19H2,1-2H3. The summed E-state index contributed by atoms with van der Waals surface area (Å²) in [6.45, 7) is 5.41. The fourth-order valence-corrected chi connectivity index (χ4v) is 4.26. The van der Waals surface area contributed by atoms with E-state index in [-0.39, 0.29) is 11.6 Å². The van der Waals surface area contributed by atoms with Crippen molar-refractivity contribution in [1.29, 1.82) is 0 Å². The Bertz CT molecular complexity index is 848. The van der Waals surface area contributed by atoms with Gasteiger partial charge in [-0.25, -0.2) is 8.78 Å². The number of hydrogen-bond donors (Lipinski definition) is 0. The maximum absolute atomic E-state index is 15.1. The van der Waals surface area contributed by atoms with Gasteiger partial charge in [-0.2, -0.15) is 0 Å². The average Bonchev–Trinajstić information content (AvgIpc) is 2.78. The minimum absolute atomic E-state index is 0.298. The molecular weight excluding hydrogens is 394 g/mol. The van der Waals surface area contributed by atoms with Crippen molar-refractivity contribution in [2.75, 3.05) is 13.2 Å². The zero-order valence-corrected chi connectivity index (χ0v) is 19.1. The van der Waals surface area contributed by atoms with E-state index < -0.39 is 0 Å². The van der Waals surface area contributed by atoms with Crippen LogP contribution < -0.4 is 9.47 Å². The highest BCUT2D eigenvalue weighted by molar-refractivity contribution is 5.75. The van der Waals surface area contributed by atoms with E-state index in [4.69, 9.17) is 9.47 Å². The van der Waals surface area contributed by atoms with Crippen LogP contribution in [-0.2, 0) is 12.8 Å². The lowest BCUT2D eigenvalue weighted by atomic mass is 9.84. The summed E-state index contributed by atoms with van der Waals surface area (Å²) in [7, 11) is 0. The first kappa shape index (κ1) is 23.6. The van der Waals surface area contributed by atoms with Crippen LogP contribution >= 0.6 is 0 Å². The van der Waals surface area contributed by atoms with Gasteiger partial charge in [0.2, 0.25) is 0 Å². The molecule has 2 nitrogen and oxygen atoms in total. The Hall–Kier alpha value is -2.10. The molecule has 3 rings (SSSR count). The molecule has 0 radical (unpaired) electrons. The molecule has 1 aliphatic carbocycles. The number of benzene rings is 2. The van der Waals surface area contributed by atoms with Crippen molar-refractivity contribution < 1.29 is 18.3 Å². The number of ether oxygens (including phenoxy) is 2. The zero-order chi connectivity index (χ0) is 22.1.